The van der Waals surface area contributed by atoms with E-state index < -0.39 is 12.1 Å². The third-order valence-corrected chi connectivity index (χ3v) is 3.33. The SMILES string of the molecule is Cc1c(F)cc([C@H](N)[C@H](C)O)cc1I. The van der Waals surface area contributed by atoms with Crippen LogP contribution in [0.25, 0.3) is 0 Å². The molecular weight excluding hydrogens is 296 g/mol. The zero-order valence-corrected chi connectivity index (χ0v) is 10.2. The lowest BCUT2D eigenvalue weighted by Gasteiger charge is -2.16. The molecule has 4 heteroatoms. The van der Waals surface area contributed by atoms with E-state index in [4.69, 9.17) is 5.73 Å². The summed E-state index contributed by atoms with van der Waals surface area (Å²) in [5.41, 5.74) is 6.96. The van der Waals surface area contributed by atoms with Gasteiger partial charge in [0.2, 0.25) is 0 Å². The standard InChI is InChI=1S/C10H13FINO/c1-5-8(11)3-7(4-9(5)12)10(13)6(2)14/h3-4,6,10,14H,13H2,1-2H3/t6-,10+/m0/s1. The Morgan fingerprint density at radius 1 is 1.50 bits per heavy atom. The van der Waals surface area contributed by atoms with E-state index in [1.807, 2.05) is 0 Å². The van der Waals surface area contributed by atoms with Crippen LogP contribution in [-0.2, 0) is 0 Å². The van der Waals surface area contributed by atoms with Gasteiger partial charge in [0.1, 0.15) is 5.82 Å². The number of halogens is 2. The molecule has 0 fully saturated rings. The van der Waals surface area contributed by atoms with Gasteiger partial charge in [-0.15, -0.1) is 0 Å². The highest BCUT2D eigenvalue weighted by atomic mass is 127. The highest BCUT2D eigenvalue weighted by Gasteiger charge is 2.14. The summed E-state index contributed by atoms with van der Waals surface area (Å²) in [7, 11) is 0. The molecule has 14 heavy (non-hydrogen) atoms. The van der Waals surface area contributed by atoms with Crippen LogP contribution in [0.2, 0.25) is 0 Å². The van der Waals surface area contributed by atoms with Crippen molar-refractivity contribution in [2.75, 3.05) is 0 Å². The van der Waals surface area contributed by atoms with Gasteiger partial charge in [0.25, 0.3) is 0 Å². The molecule has 0 spiro atoms. The highest BCUT2D eigenvalue weighted by Crippen LogP contribution is 2.22. The van der Waals surface area contributed by atoms with Crippen molar-refractivity contribution in [1.29, 1.82) is 0 Å². The minimum atomic E-state index is -0.673. The van der Waals surface area contributed by atoms with Crippen LogP contribution in [0.15, 0.2) is 12.1 Å². The zero-order valence-electron chi connectivity index (χ0n) is 8.09. The number of aliphatic hydroxyl groups excluding tert-OH is 1. The first kappa shape index (κ1) is 11.9. The molecule has 0 aliphatic rings. The summed E-state index contributed by atoms with van der Waals surface area (Å²) in [6.45, 7) is 3.31. The van der Waals surface area contributed by atoms with Gasteiger partial charge in [-0.25, -0.2) is 4.39 Å². The topological polar surface area (TPSA) is 46.2 Å². The lowest BCUT2D eigenvalue weighted by Crippen LogP contribution is -2.23. The van der Waals surface area contributed by atoms with E-state index >= 15 is 0 Å². The van der Waals surface area contributed by atoms with E-state index in [2.05, 4.69) is 22.6 Å². The van der Waals surface area contributed by atoms with Gasteiger partial charge in [0.15, 0.2) is 0 Å². The van der Waals surface area contributed by atoms with E-state index in [1.54, 1.807) is 19.9 Å². The van der Waals surface area contributed by atoms with Crippen LogP contribution in [-0.4, -0.2) is 11.2 Å². The van der Waals surface area contributed by atoms with Crippen LogP contribution in [0, 0.1) is 16.3 Å². The molecule has 0 saturated carbocycles. The fourth-order valence-electron chi connectivity index (χ4n) is 1.14. The molecule has 78 valence electrons. The third kappa shape index (κ3) is 2.43. The Morgan fingerprint density at radius 3 is 2.50 bits per heavy atom. The summed E-state index contributed by atoms with van der Waals surface area (Å²) >= 11 is 2.06. The molecule has 0 aliphatic carbocycles. The first-order valence-corrected chi connectivity index (χ1v) is 5.40. The van der Waals surface area contributed by atoms with Gasteiger partial charge in [-0.1, -0.05) is 0 Å². The van der Waals surface area contributed by atoms with Crippen molar-refractivity contribution < 1.29 is 9.50 Å². The molecule has 0 aromatic heterocycles. The summed E-state index contributed by atoms with van der Waals surface area (Å²) in [5, 5.41) is 9.28. The van der Waals surface area contributed by atoms with Crippen molar-refractivity contribution in [2.24, 2.45) is 5.73 Å². The third-order valence-electron chi connectivity index (χ3n) is 2.21. The average Bonchev–Trinajstić information content (AvgIpc) is 2.12. The maximum atomic E-state index is 13.3. The average molecular weight is 309 g/mol. The van der Waals surface area contributed by atoms with Crippen LogP contribution in [0.4, 0.5) is 4.39 Å². The first-order valence-electron chi connectivity index (χ1n) is 4.32. The van der Waals surface area contributed by atoms with Gasteiger partial charge >= 0.3 is 0 Å². The molecule has 0 saturated heterocycles. The van der Waals surface area contributed by atoms with E-state index in [1.165, 1.54) is 6.07 Å². The summed E-state index contributed by atoms with van der Waals surface area (Å²) in [4.78, 5) is 0. The highest BCUT2D eigenvalue weighted by molar-refractivity contribution is 14.1. The van der Waals surface area contributed by atoms with E-state index in [0.717, 1.165) is 3.57 Å². The number of rotatable bonds is 2. The molecular formula is C10H13FINO. The molecule has 1 aromatic carbocycles. The largest absolute Gasteiger partial charge is 0.391 e. The summed E-state index contributed by atoms with van der Waals surface area (Å²) < 4.78 is 14.1. The van der Waals surface area contributed by atoms with Crippen molar-refractivity contribution in [3.63, 3.8) is 0 Å². The molecule has 3 N–H and O–H groups in total. The lowest BCUT2D eigenvalue weighted by atomic mass is 10.0. The number of aliphatic hydroxyl groups is 1. The Balaban J connectivity index is 3.12. The smallest absolute Gasteiger partial charge is 0.127 e. The van der Waals surface area contributed by atoms with Gasteiger partial charge in [-0.05, 0) is 59.7 Å². The molecule has 1 rings (SSSR count). The summed E-state index contributed by atoms with van der Waals surface area (Å²) in [6.07, 6.45) is -0.673. The van der Waals surface area contributed by atoms with Crippen LogP contribution in [0.5, 0.6) is 0 Å². The fraction of sp³-hybridized carbons (Fsp3) is 0.400. The van der Waals surface area contributed by atoms with Crippen LogP contribution in [0.3, 0.4) is 0 Å². The number of hydrogen-bond acceptors (Lipinski definition) is 2. The predicted octanol–water partition coefficient (Wildman–Crippen LogP) is 2.12. The van der Waals surface area contributed by atoms with Gasteiger partial charge < -0.3 is 10.8 Å². The minimum absolute atomic E-state index is 0.275. The maximum absolute atomic E-state index is 13.3. The Bertz CT molecular complexity index is 318. The van der Waals surface area contributed by atoms with E-state index in [9.17, 15) is 9.50 Å². The number of nitrogens with two attached hydrogens (primary N) is 1. The molecule has 0 heterocycles. The molecule has 1 aromatic rings. The van der Waals surface area contributed by atoms with Crippen molar-refractivity contribution >= 4 is 22.6 Å². The van der Waals surface area contributed by atoms with Gasteiger partial charge in [0, 0.05) is 3.57 Å². The molecule has 0 radical (unpaired) electrons. The first-order chi connectivity index (χ1) is 6.43. The molecule has 0 aliphatic heterocycles. The second-order valence-corrected chi connectivity index (χ2v) is 4.54. The van der Waals surface area contributed by atoms with Gasteiger partial charge in [-0.3, -0.25) is 0 Å². The van der Waals surface area contributed by atoms with Crippen LogP contribution >= 0.6 is 22.6 Å². The van der Waals surface area contributed by atoms with E-state index in [-0.39, 0.29) is 5.82 Å². The monoisotopic (exact) mass is 309 g/mol. The summed E-state index contributed by atoms with van der Waals surface area (Å²) in [5.74, 6) is -0.275. The Morgan fingerprint density at radius 2 is 2.07 bits per heavy atom. The van der Waals surface area contributed by atoms with Gasteiger partial charge in [0.05, 0.1) is 12.1 Å². The second-order valence-electron chi connectivity index (χ2n) is 3.38. The molecule has 2 nitrogen and oxygen atoms in total. The number of hydrogen-bond donors (Lipinski definition) is 2. The molecule has 0 unspecified atom stereocenters. The van der Waals surface area contributed by atoms with Crippen LogP contribution in [0.1, 0.15) is 24.1 Å². The fourth-order valence-corrected chi connectivity index (χ4v) is 1.75. The van der Waals surface area contributed by atoms with E-state index in [0.29, 0.717) is 11.1 Å². The minimum Gasteiger partial charge on any atom is -0.391 e. The molecule has 0 amide bonds. The quantitative estimate of drug-likeness (QED) is 0.822. The Labute approximate surface area is 96.5 Å². The maximum Gasteiger partial charge on any atom is 0.127 e. The van der Waals surface area contributed by atoms with Gasteiger partial charge in [-0.2, -0.15) is 0 Å². The normalized spacial score (nSPS) is 15.3. The Hall–Kier alpha value is -0.200. The van der Waals surface area contributed by atoms with Crippen LogP contribution < -0.4 is 5.73 Å². The molecule has 2 atom stereocenters. The Kier molecular flexibility index (Phi) is 3.86. The predicted molar refractivity (Wildman–Crippen MR) is 62.5 cm³/mol. The zero-order chi connectivity index (χ0) is 10.9. The van der Waals surface area contributed by atoms with Crippen molar-refractivity contribution in [1.82, 2.24) is 0 Å². The second kappa shape index (κ2) is 4.55. The summed E-state index contributed by atoms with van der Waals surface area (Å²) in [6, 6.07) is 2.66. The number of benzene rings is 1. The van der Waals surface area contributed by atoms with Crippen molar-refractivity contribution in [3.05, 3.63) is 32.6 Å². The van der Waals surface area contributed by atoms with Crippen molar-refractivity contribution in [3.8, 4) is 0 Å². The van der Waals surface area contributed by atoms with Crippen molar-refractivity contribution in [2.45, 2.75) is 26.0 Å². The molecule has 0 bridgehead atoms. The lowest BCUT2D eigenvalue weighted by molar-refractivity contribution is 0.164.